The fraction of sp³-hybridized carbons (Fsp3) is 0.143. The number of aliphatic hydroxyl groups is 1. The van der Waals surface area contributed by atoms with Crippen LogP contribution in [0.2, 0.25) is 0 Å². The maximum absolute atomic E-state index is 12.4. The Labute approximate surface area is 118 Å². The Bertz CT molecular complexity index is 663. The van der Waals surface area contributed by atoms with Crippen LogP contribution in [-0.2, 0) is 6.18 Å². The van der Waals surface area contributed by atoms with Crippen molar-refractivity contribution in [2.45, 2.75) is 12.3 Å². The molecule has 0 aliphatic rings. The minimum absolute atomic E-state index is 0.0709. The Morgan fingerprint density at radius 3 is 2.38 bits per heavy atom. The molecule has 1 unspecified atom stereocenters. The van der Waals surface area contributed by atoms with Crippen molar-refractivity contribution in [3.05, 3.63) is 53.7 Å². The van der Waals surface area contributed by atoms with E-state index in [0.29, 0.717) is 0 Å². The maximum Gasteiger partial charge on any atom is 0.416 e. The molecule has 0 amide bonds. The molecule has 0 saturated carbocycles. The van der Waals surface area contributed by atoms with Crippen LogP contribution in [0.15, 0.2) is 42.5 Å². The quantitative estimate of drug-likeness (QED) is 0.880. The largest absolute Gasteiger partial charge is 0.439 e. The van der Waals surface area contributed by atoms with Crippen LogP contribution < -0.4 is 4.74 Å². The summed E-state index contributed by atoms with van der Waals surface area (Å²) in [4.78, 5) is 3.89. The molecule has 2 rings (SSSR count). The molecule has 1 N–H and O–H groups in total. The molecule has 4 nitrogen and oxygen atoms in total. The van der Waals surface area contributed by atoms with Crippen LogP contribution in [0, 0.1) is 11.3 Å². The third-order valence-corrected chi connectivity index (χ3v) is 2.55. The molecule has 0 saturated heterocycles. The van der Waals surface area contributed by atoms with Crippen LogP contribution in [0.25, 0.3) is 0 Å². The molecule has 21 heavy (non-hydrogen) atoms. The highest BCUT2D eigenvalue weighted by molar-refractivity contribution is 5.32. The number of nitriles is 1. The van der Waals surface area contributed by atoms with Crippen LogP contribution in [0.3, 0.4) is 0 Å². The first kappa shape index (κ1) is 14.8. The Balaban J connectivity index is 2.17. The van der Waals surface area contributed by atoms with E-state index in [9.17, 15) is 18.3 Å². The molecule has 0 fully saturated rings. The average molecular weight is 294 g/mol. The first-order chi connectivity index (χ1) is 9.90. The van der Waals surface area contributed by atoms with E-state index in [0.717, 1.165) is 24.3 Å². The number of rotatable bonds is 3. The number of ether oxygens (including phenoxy) is 1. The summed E-state index contributed by atoms with van der Waals surface area (Å²) >= 11 is 0. The molecule has 0 spiro atoms. The van der Waals surface area contributed by atoms with Gasteiger partial charge in [-0.15, -0.1) is 0 Å². The van der Waals surface area contributed by atoms with Crippen LogP contribution in [-0.4, -0.2) is 10.1 Å². The standard InChI is InChI=1S/C14H9F3N2O2/c15-14(16,17)9-4-6-10(7-5-9)21-13-3-1-2-11(19-13)12(20)8-18/h1-7,12,20H. The van der Waals surface area contributed by atoms with E-state index < -0.39 is 17.8 Å². The molecule has 0 bridgehead atoms. The SMILES string of the molecule is N#CC(O)c1cccc(Oc2ccc(C(F)(F)F)cc2)n1. The van der Waals surface area contributed by atoms with E-state index in [2.05, 4.69) is 4.98 Å². The summed E-state index contributed by atoms with van der Waals surface area (Å²) in [5.74, 6) is 0.237. The lowest BCUT2D eigenvalue weighted by molar-refractivity contribution is -0.137. The zero-order valence-corrected chi connectivity index (χ0v) is 10.5. The zero-order valence-electron chi connectivity index (χ0n) is 10.5. The molecular formula is C14H9F3N2O2. The van der Waals surface area contributed by atoms with Crippen molar-refractivity contribution >= 4 is 0 Å². The van der Waals surface area contributed by atoms with Gasteiger partial charge in [0, 0.05) is 6.07 Å². The van der Waals surface area contributed by atoms with Gasteiger partial charge in [0.1, 0.15) is 11.8 Å². The van der Waals surface area contributed by atoms with Crippen LogP contribution in [0.5, 0.6) is 11.6 Å². The van der Waals surface area contributed by atoms with E-state index in [1.807, 2.05) is 0 Å². The highest BCUT2D eigenvalue weighted by atomic mass is 19.4. The average Bonchev–Trinajstić information content (AvgIpc) is 2.46. The monoisotopic (exact) mass is 294 g/mol. The second-order valence-electron chi connectivity index (χ2n) is 4.06. The summed E-state index contributed by atoms with van der Waals surface area (Å²) in [5, 5.41) is 17.9. The van der Waals surface area contributed by atoms with Crippen molar-refractivity contribution < 1.29 is 23.0 Å². The second kappa shape index (κ2) is 5.81. The minimum atomic E-state index is -4.41. The molecule has 0 aliphatic heterocycles. The van der Waals surface area contributed by atoms with Gasteiger partial charge in [0.05, 0.1) is 11.3 Å². The Hall–Kier alpha value is -2.59. The summed E-state index contributed by atoms with van der Waals surface area (Å²) in [6.45, 7) is 0. The fourth-order valence-electron chi connectivity index (χ4n) is 1.54. The van der Waals surface area contributed by atoms with Gasteiger partial charge in [-0.2, -0.15) is 18.4 Å². The van der Waals surface area contributed by atoms with Crippen LogP contribution in [0.4, 0.5) is 13.2 Å². The molecule has 2 aromatic rings. The Kier molecular flexibility index (Phi) is 4.10. The topological polar surface area (TPSA) is 66.1 Å². The molecule has 0 radical (unpaired) electrons. The highest BCUT2D eigenvalue weighted by Gasteiger charge is 2.30. The molecule has 7 heteroatoms. The van der Waals surface area contributed by atoms with Gasteiger partial charge in [-0.3, -0.25) is 0 Å². The number of aromatic nitrogens is 1. The van der Waals surface area contributed by atoms with Crippen molar-refractivity contribution in [1.82, 2.24) is 4.98 Å². The van der Waals surface area contributed by atoms with Gasteiger partial charge >= 0.3 is 6.18 Å². The first-order valence-corrected chi connectivity index (χ1v) is 5.80. The number of pyridine rings is 1. The number of nitrogens with zero attached hydrogens (tertiary/aromatic N) is 2. The summed E-state index contributed by atoms with van der Waals surface area (Å²) in [6.07, 6.45) is -5.80. The predicted octanol–water partition coefficient (Wildman–Crippen LogP) is 3.45. The van der Waals surface area contributed by atoms with Crippen molar-refractivity contribution in [2.24, 2.45) is 0 Å². The van der Waals surface area contributed by atoms with Gasteiger partial charge in [0.2, 0.25) is 5.88 Å². The molecule has 0 aliphatic carbocycles. The Morgan fingerprint density at radius 1 is 1.14 bits per heavy atom. The third-order valence-electron chi connectivity index (χ3n) is 2.55. The smallest absolute Gasteiger partial charge is 0.416 e. The van der Waals surface area contributed by atoms with Crippen LogP contribution >= 0.6 is 0 Å². The zero-order chi connectivity index (χ0) is 15.5. The van der Waals surface area contributed by atoms with E-state index in [4.69, 9.17) is 10.00 Å². The van der Waals surface area contributed by atoms with Gasteiger partial charge in [0.15, 0.2) is 6.10 Å². The van der Waals surface area contributed by atoms with Crippen molar-refractivity contribution in [1.29, 1.82) is 5.26 Å². The summed E-state index contributed by atoms with van der Waals surface area (Å²) < 4.78 is 42.5. The van der Waals surface area contributed by atoms with E-state index in [1.54, 1.807) is 6.07 Å². The maximum atomic E-state index is 12.4. The molecule has 108 valence electrons. The fourth-order valence-corrected chi connectivity index (χ4v) is 1.54. The lowest BCUT2D eigenvalue weighted by Crippen LogP contribution is -2.04. The van der Waals surface area contributed by atoms with Crippen molar-refractivity contribution in [2.75, 3.05) is 0 Å². The molecular weight excluding hydrogens is 285 g/mol. The number of halogens is 3. The first-order valence-electron chi connectivity index (χ1n) is 5.80. The van der Waals surface area contributed by atoms with Gasteiger partial charge in [-0.1, -0.05) is 6.07 Å². The minimum Gasteiger partial charge on any atom is -0.439 e. The molecule has 1 aromatic heterocycles. The lowest BCUT2D eigenvalue weighted by atomic mass is 10.2. The van der Waals surface area contributed by atoms with Gasteiger partial charge in [-0.25, -0.2) is 4.98 Å². The van der Waals surface area contributed by atoms with E-state index in [-0.39, 0.29) is 17.3 Å². The molecule has 1 heterocycles. The summed E-state index contributed by atoms with van der Waals surface area (Å²) in [6, 6.07) is 10.1. The number of alkyl halides is 3. The van der Waals surface area contributed by atoms with Crippen molar-refractivity contribution in [3.8, 4) is 17.7 Å². The van der Waals surface area contributed by atoms with E-state index >= 15 is 0 Å². The predicted molar refractivity (Wildman–Crippen MR) is 66.3 cm³/mol. The lowest BCUT2D eigenvalue weighted by Gasteiger charge is -2.09. The normalized spacial score (nSPS) is 12.5. The Morgan fingerprint density at radius 2 is 1.81 bits per heavy atom. The number of hydrogen-bond acceptors (Lipinski definition) is 4. The van der Waals surface area contributed by atoms with Gasteiger partial charge in [-0.05, 0) is 30.3 Å². The van der Waals surface area contributed by atoms with E-state index in [1.165, 1.54) is 18.2 Å². The number of hydrogen-bond donors (Lipinski definition) is 1. The summed E-state index contributed by atoms with van der Waals surface area (Å²) in [7, 11) is 0. The highest BCUT2D eigenvalue weighted by Crippen LogP contribution is 2.31. The van der Waals surface area contributed by atoms with Crippen LogP contribution in [0.1, 0.15) is 17.4 Å². The number of benzene rings is 1. The number of aliphatic hydroxyl groups excluding tert-OH is 1. The molecule has 1 aromatic carbocycles. The second-order valence-corrected chi connectivity index (χ2v) is 4.06. The summed E-state index contributed by atoms with van der Waals surface area (Å²) in [5.41, 5.74) is -0.682. The van der Waals surface area contributed by atoms with Crippen molar-refractivity contribution in [3.63, 3.8) is 0 Å². The van der Waals surface area contributed by atoms with Gasteiger partial charge < -0.3 is 9.84 Å². The molecule has 1 atom stereocenters. The third kappa shape index (κ3) is 3.70. The van der Waals surface area contributed by atoms with Gasteiger partial charge in [0.25, 0.3) is 0 Å².